The first-order chi connectivity index (χ1) is 6.52. The van der Waals surface area contributed by atoms with Crippen LogP contribution in [-0.2, 0) is 4.79 Å². The zero-order valence-corrected chi connectivity index (χ0v) is 9.52. The molecule has 1 heteroatoms. The topological polar surface area (TPSA) is 17.1 Å². The van der Waals surface area contributed by atoms with Crippen LogP contribution >= 0.6 is 0 Å². The molecule has 0 heterocycles. The molecule has 78 valence electrons. The van der Waals surface area contributed by atoms with Gasteiger partial charge in [0.2, 0.25) is 0 Å². The molecule has 0 N–H and O–H groups in total. The third-order valence-electron chi connectivity index (χ3n) is 3.59. The van der Waals surface area contributed by atoms with Crippen molar-refractivity contribution < 1.29 is 4.79 Å². The van der Waals surface area contributed by atoms with Crippen molar-refractivity contribution in [3.8, 4) is 0 Å². The van der Waals surface area contributed by atoms with Gasteiger partial charge in [-0.1, -0.05) is 17.2 Å². The molecule has 0 fully saturated rings. The van der Waals surface area contributed by atoms with Crippen LogP contribution in [0.4, 0.5) is 0 Å². The number of ketones is 1. The summed E-state index contributed by atoms with van der Waals surface area (Å²) < 4.78 is 0. The Morgan fingerprint density at radius 1 is 1.50 bits per heavy atom. The Kier molecular flexibility index (Phi) is 3.30. The number of Topliss-reactive ketones (excluding diaryl/α,β-unsaturated/α-hetero) is 1. The van der Waals surface area contributed by atoms with Crippen LogP contribution in [0.2, 0.25) is 0 Å². The Morgan fingerprint density at radius 3 is 2.57 bits per heavy atom. The molecule has 0 aliphatic heterocycles. The Morgan fingerprint density at radius 2 is 2.14 bits per heavy atom. The van der Waals surface area contributed by atoms with Gasteiger partial charge >= 0.3 is 0 Å². The van der Waals surface area contributed by atoms with Crippen LogP contribution in [0.25, 0.3) is 0 Å². The second-order valence-corrected chi connectivity index (χ2v) is 4.57. The summed E-state index contributed by atoms with van der Waals surface area (Å²) >= 11 is 0. The van der Waals surface area contributed by atoms with Gasteiger partial charge in [-0.3, -0.25) is 4.79 Å². The molecular weight excluding hydrogens is 172 g/mol. The second kappa shape index (κ2) is 4.12. The number of rotatable bonds is 3. The lowest BCUT2D eigenvalue weighted by Crippen LogP contribution is -2.31. The molecule has 1 atom stereocenters. The number of carbonyl (C=O) groups is 1. The summed E-state index contributed by atoms with van der Waals surface area (Å²) in [5, 5.41) is 0. The third-order valence-corrected chi connectivity index (χ3v) is 3.59. The SMILES string of the molecule is C=CCC1(C(C)=O)CCC(C)=C(C)C1. The van der Waals surface area contributed by atoms with Crippen LogP contribution in [0.5, 0.6) is 0 Å². The first kappa shape index (κ1) is 11.2. The van der Waals surface area contributed by atoms with Crippen LogP contribution < -0.4 is 0 Å². The summed E-state index contributed by atoms with van der Waals surface area (Å²) in [6.45, 7) is 9.80. The highest BCUT2D eigenvalue weighted by atomic mass is 16.1. The lowest BCUT2D eigenvalue weighted by molar-refractivity contribution is -0.127. The van der Waals surface area contributed by atoms with Crippen molar-refractivity contribution in [3.05, 3.63) is 23.8 Å². The van der Waals surface area contributed by atoms with E-state index in [1.165, 1.54) is 11.1 Å². The van der Waals surface area contributed by atoms with E-state index in [1.54, 1.807) is 6.92 Å². The van der Waals surface area contributed by atoms with E-state index in [9.17, 15) is 4.79 Å². The summed E-state index contributed by atoms with van der Waals surface area (Å²) in [6, 6.07) is 0. The molecule has 0 radical (unpaired) electrons. The highest BCUT2D eigenvalue weighted by Crippen LogP contribution is 2.42. The van der Waals surface area contributed by atoms with Gasteiger partial charge in [0.05, 0.1) is 0 Å². The summed E-state index contributed by atoms with van der Waals surface area (Å²) in [4.78, 5) is 11.7. The van der Waals surface area contributed by atoms with Crippen LogP contribution in [-0.4, -0.2) is 5.78 Å². The first-order valence-electron chi connectivity index (χ1n) is 5.29. The van der Waals surface area contributed by atoms with Gasteiger partial charge in [0, 0.05) is 5.41 Å². The molecule has 0 amide bonds. The fourth-order valence-electron chi connectivity index (χ4n) is 2.28. The van der Waals surface area contributed by atoms with E-state index in [-0.39, 0.29) is 5.41 Å². The van der Waals surface area contributed by atoms with Gasteiger partial charge in [-0.05, 0) is 46.5 Å². The summed E-state index contributed by atoms with van der Waals surface area (Å²) in [5.41, 5.74) is 2.73. The normalized spacial score (nSPS) is 27.6. The van der Waals surface area contributed by atoms with Crippen LogP contribution in [0.3, 0.4) is 0 Å². The maximum atomic E-state index is 11.7. The van der Waals surface area contributed by atoms with Gasteiger partial charge in [0.15, 0.2) is 0 Å². The molecule has 1 aliphatic carbocycles. The van der Waals surface area contributed by atoms with Crippen LogP contribution in [0.15, 0.2) is 23.8 Å². The Bertz CT molecular complexity index is 286. The fraction of sp³-hybridized carbons (Fsp3) is 0.615. The molecule has 0 bridgehead atoms. The highest BCUT2D eigenvalue weighted by Gasteiger charge is 2.36. The standard InChI is InChI=1S/C13H20O/c1-5-7-13(12(4)14)8-6-10(2)11(3)9-13/h5H,1,6-9H2,2-4H3. The highest BCUT2D eigenvalue weighted by molar-refractivity contribution is 5.83. The summed E-state index contributed by atoms with van der Waals surface area (Å²) in [7, 11) is 0. The minimum Gasteiger partial charge on any atom is -0.299 e. The number of hydrogen-bond donors (Lipinski definition) is 0. The second-order valence-electron chi connectivity index (χ2n) is 4.57. The van der Waals surface area contributed by atoms with E-state index >= 15 is 0 Å². The molecule has 0 saturated carbocycles. The number of allylic oxidation sites excluding steroid dienone is 3. The number of hydrogen-bond acceptors (Lipinski definition) is 1. The molecule has 1 rings (SSSR count). The average molecular weight is 192 g/mol. The van der Waals surface area contributed by atoms with E-state index in [2.05, 4.69) is 20.4 Å². The number of carbonyl (C=O) groups excluding carboxylic acids is 1. The fourth-order valence-corrected chi connectivity index (χ4v) is 2.28. The Balaban J connectivity index is 2.93. The third kappa shape index (κ3) is 1.97. The van der Waals surface area contributed by atoms with Crippen molar-refractivity contribution in [3.63, 3.8) is 0 Å². The van der Waals surface area contributed by atoms with Gasteiger partial charge in [-0.15, -0.1) is 6.58 Å². The monoisotopic (exact) mass is 192 g/mol. The lowest BCUT2D eigenvalue weighted by atomic mass is 9.68. The first-order valence-corrected chi connectivity index (χ1v) is 5.29. The largest absolute Gasteiger partial charge is 0.299 e. The van der Waals surface area contributed by atoms with Crippen molar-refractivity contribution in [1.82, 2.24) is 0 Å². The van der Waals surface area contributed by atoms with Gasteiger partial charge in [-0.2, -0.15) is 0 Å². The maximum Gasteiger partial charge on any atom is 0.136 e. The quantitative estimate of drug-likeness (QED) is 0.624. The van der Waals surface area contributed by atoms with Crippen molar-refractivity contribution in [2.45, 2.75) is 46.5 Å². The lowest BCUT2D eigenvalue weighted by Gasteiger charge is -2.35. The predicted molar refractivity (Wildman–Crippen MR) is 60.2 cm³/mol. The molecule has 0 aromatic heterocycles. The van der Waals surface area contributed by atoms with E-state index in [0.717, 1.165) is 25.7 Å². The molecule has 1 nitrogen and oxygen atoms in total. The summed E-state index contributed by atoms with van der Waals surface area (Å²) in [6.07, 6.45) is 5.71. The van der Waals surface area contributed by atoms with Crippen molar-refractivity contribution in [1.29, 1.82) is 0 Å². The van der Waals surface area contributed by atoms with Crippen molar-refractivity contribution in [2.75, 3.05) is 0 Å². The van der Waals surface area contributed by atoms with Crippen LogP contribution in [0, 0.1) is 5.41 Å². The van der Waals surface area contributed by atoms with E-state index in [1.807, 2.05) is 6.08 Å². The minimum absolute atomic E-state index is 0.134. The van der Waals surface area contributed by atoms with Crippen molar-refractivity contribution in [2.24, 2.45) is 5.41 Å². The molecule has 1 aliphatic rings. The minimum atomic E-state index is -0.134. The smallest absolute Gasteiger partial charge is 0.136 e. The predicted octanol–water partition coefficient (Wildman–Crippen LogP) is 3.66. The van der Waals surface area contributed by atoms with Gasteiger partial charge in [0.25, 0.3) is 0 Å². The summed E-state index contributed by atoms with van der Waals surface area (Å²) in [5.74, 6) is 0.323. The molecule has 1 unspecified atom stereocenters. The molecular formula is C13H20O. The Labute approximate surface area is 86.9 Å². The molecule has 0 saturated heterocycles. The van der Waals surface area contributed by atoms with E-state index in [0.29, 0.717) is 5.78 Å². The zero-order valence-electron chi connectivity index (χ0n) is 9.52. The maximum absolute atomic E-state index is 11.7. The Hall–Kier alpha value is -0.850. The van der Waals surface area contributed by atoms with Crippen molar-refractivity contribution >= 4 is 5.78 Å². The average Bonchev–Trinajstić information content (AvgIpc) is 2.12. The zero-order chi connectivity index (χ0) is 10.8. The van der Waals surface area contributed by atoms with Gasteiger partial charge in [0.1, 0.15) is 5.78 Å². The molecule has 0 spiro atoms. The molecule has 0 aromatic carbocycles. The van der Waals surface area contributed by atoms with Crippen LogP contribution in [0.1, 0.15) is 46.5 Å². The molecule has 0 aromatic rings. The van der Waals surface area contributed by atoms with E-state index in [4.69, 9.17) is 0 Å². The molecule has 14 heavy (non-hydrogen) atoms. The van der Waals surface area contributed by atoms with Gasteiger partial charge < -0.3 is 0 Å². The van der Waals surface area contributed by atoms with Gasteiger partial charge in [-0.25, -0.2) is 0 Å². The van der Waals surface area contributed by atoms with E-state index < -0.39 is 0 Å².